The predicted molar refractivity (Wildman–Crippen MR) is 288 cm³/mol. The van der Waals surface area contributed by atoms with E-state index in [1.165, 1.54) is 77.0 Å². The summed E-state index contributed by atoms with van der Waals surface area (Å²) in [4.78, 5) is 34.8. The van der Waals surface area contributed by atoms with Crippen molar-refractivity contribution in [1.82, 2.24) is 0 Å². The lowest BCUT2D eigenvalue weighted by atomic mass is 10.0. The van der Waals surface area contributed by atoms with Crippen molar-refractivity contribution in [2.24, 2.45) is 0 Å². The van der Waals surface area contributed by atoms with Crippen LogP contribution >= 0.6 is 7.82 Å². The van der Waals surface area contributed by atoms with Gasteiger partial charge in [0.2, 0.25) is 0 Å². The van der Waals surface area contributed by atoms with Gasteiger partial charge in [-0.2, -0.15) is 0 Å². The molecule has 69 heavy (non-hydrogen) atoms. The zero-order chi connectivity index (χ0) is 50.4. The molecule has 0 amide bonds. The van der Waals surface area contributed by atoms with Crippen LogP contribution in [0.2, 0.25) is 0 Å². The highest BCUT2D eigenvalue weighted by atomic mass is 31.2. The molecule has 0 aliphatic carbocycles. The van der Waals surface area contributed by atoms with E-state index in [2.05, 4.69) is 111 Å². The van der Waals surface area contributed by atoms with Gasteiger partial charge in [0.25, 0.3) is 0 Å². The van der Waals surface area contributed by atoms with Crippen LogP contribution in [0.15, 0.2) is 97.2 Å². The Morgan fingerprint density at radius 1 is 0.391 bits per heavy atom. The minimum Gasteiger partial charge on any atom is -0.457 e. The van der Waals surface area contributed by atoms with Crippen LogP contribution < -0.4 is 0 Å². The molecule has 0 saturated heterocycles. The summed E-state index contributed by atoms with van der Waals surface area (Å²) < 4.78 is 32.8. The molecule has 0 spiro atoms. The Hall–Kier alpha value is -3.11. The molecule has 0 aromatic carbocycles. The molecule has 3 N–H and O–H groups in total. The van der Waals surface area contributed by atoms with E-state index in [1.807, 2.05) is 0 Å². The van der Waals surface area contributed by atoms with Gasteiger partial charge in [-0.15, -0.1) is 0 Å². The molecule has 0 fully saturated rings. The van der Waals surface area contributed by atoms with E-state index in [9.17, 15) is 29.3 Å². The van der Waals surface area contributed by atoms with Gasteiger partial charge >= 0.3 is 19.8 Å². The van der Waals surface area contributed by atoms with Gasteiger partial charge in [0.05, 0.1) is 26.4 Å². The minimum absolute atomic E-state index is 0.182. The second-order valence-electron chi connectivity index (χ2n) is 17.8. The monoisotopic (exact) mass is 987 g/mol. The number of aliphatic hydroxyl groups is 2. The number of allylic oxidation sites excluding steroid dienone is 16. The third-order valence-electron chi connectivity index (χ3n) is 11.3. The number of unbranched alkanes of at least 4 members (excludes halogenated alkanes) is 20. The Balaban J connectivity index is 3.84. The largest absolute Gasteiger partial charge is 0.472 e. The number of carbonyl (C=O) groups excluding carboxylic acids is 2. The Morgan fingerprint density at radius 3 is 0.913 bits per heavy atom. The van der Waals surface area contributed by atoms with Gasteiger partial charge in [-0.3, -0.25) is 18.6 Å². The fraction of sp³-hybridized carbons (Fsp3) is 0.690. The molecule has 0 radical (unpaired) electrons. The second kappa shape index (κ2) is 52.7. The number of rotatable bonds is 50. The third kappa shape index (κ3) is 51.1. The van der Waals surface area contributed by atoms with Crippen LogP contribution in [0, 0.1) is 0 Å². The van der Waals surface area contributed by atoms with Gasteiger partial charge in [-0.25, -0.2) is 4.57 Å². The summed E-state index contributed by atoms with van der Waals surface area (Å²) in [6.45, 7) is 1.99. The highest BCUT2D eigenvalue weighted by molar-refractivity contribution is 7.47. The first-order valence-electron chi connectivity index (χ1n) is 27.2. The van der Waals surface area contributed by atoms with Crippen LogP contribution in [0.25, 0.3) is 0 Å². The molecule has 0 bridgehead atoms. The standard InChI is InChI=1S/C58H99O10P/c1-3-5-7-9-11-13-15-17-19-21-23-25-27-29-31-33-35-37-39-41-43-45-47-49-57(61)67-55(51-59)53-65-69(63,64)66-54-56(52-60)68-58(62)50-48-46-44-42-40-38-36-34-32-30-28-26-24-22-20-18-16-14-12-10-8-6-4-2/h5-8,11-14,17-20,23-26,55-56,59-60H,3-4,9-10,15-16,21-22,27-54H2,1-2H3,(H,63,64)/b7-5-,8-6-,13-11-,14-12-,19-17-,20-18-,25-23-,26-24-. The van der Waals surface area contributed by atoms with Crippen molar-refractivity contribution < 1.29 is 47.8 Å². The number of phosphoric ester groups is 1. The molecule has 10 nitrogen and oxygen atoms in total. The van der Waals surface area contributed by atoms with Gasteiger partial charge in [-0.05, 0) is 89.9 Å². The van der Waals surface area contributed by atoms with Crippen LogP contribution in [0.5, 0.6) is 0 Å². The lowest BCUT2D eigenvalue weighted by Crippen LogP contribution is -2.28. The fourth-order valence-corrected chi connectivity index (χ4v) is 8.00. The van der Waals surface area contributed by atoms with Crippen molar-refractivity contribution in [3.63, 3.8) is 0 Å². The third-order valence-corrected chi connectivity index (χ3v) is 12.2. The number of hydrogen-bond acceptors (Lipinski definition) is 9. The van der Waals surface area contributed by atoms with Crippen molar-refractivity contribution in [2.75, 3.05) is 26.4 Å². The molecular weight excluding hydrogens is 888 g/mol. The maximum Gasteiger partial charge on any atom is 0.472 e. The minimum atomic E-state index is -4.65. The predicted octanol–water partition coefficient (Wildman–Crippen LogP) is 15.9. The highest BCUT2D eigenvalue weighted by Gasteiger charge is 2.27. The van der Waals surface area contributed by atoms with Crippen molar-refractivity contribution in [3.05, 3.63) is 97.2 Å². The van der Waals surface area contributed by atoms with Crippen LogP contribution in [-0.4, -0.2) is 65.7 Å². The second-order valence-corrected chi connectivity index (χ2v) is 19.3. The lowest BCUT2D eigenvalue weighted by molar-refractivity contribution is -0.153. The van der Waals surface area contributed by atoms with Crippen LogP contribution in [0.1, 0.15) is 219 Å². The molecule has 0 saturated carbocycles. The number of carbonyl (C=O) groups is 2. The van der Waals surface area contributed by atoms with E-state index >= 15 is 0 Å². The van der Waals surface area contributed by atoms with Gasteiger partial charge in [0.1, 0.15) is 12.2 Å². The number of esters is 2. The van der Waals surface area contributed by atoms with E-state index in [-0.39, 0.29) is 12.8 Å². The van der Waals surface area contributed by atoms with Gasteiger partial charge in [0.15, 0.2) is 0 Å². The van der Waals surface area contributed by atoms with Gasteiger partial charge < -0.3 is 24.6 Å². The average Bonchev–Trinajstić information content (AvgIpc) is 3.34. The molecule has 0 rings (SSSR count). The summed E-state index contributed by atoms with van der Waals surface area (Å²) in [6, 6.07) is 0. The molecule has 0 aromatic heterocycles. The summed E-state index contributed by atoms with van der Waals surface area (Å²) >= 11 is 0. The van der Waals surface area contributed by atoms with E-state index in [1.54, 1.807) is 0 Å². The first-order chi connectivity index (χ1) is 33.8. The fourth-order valence-electron chi connectivity index (χ4n) is 7.22. The van der Waals surface area contributed by atoms with Crippen LogP contribution in [0.3, 0.4) is 0 Å². The topological polar surface area (TPSA) is 149 Å². The van der Waals surface area contributed by atoms with Crippen molar-refractivity contribution in [2.45, 2.75) is 232 Å². The van der Waals surface area contributed by atoms with E-state index in [0.29, 0.717) is 12.8 Å². The zero-order valence-electron chi connectivity index (χ0n) is 43.5. The average molecular weight is 987 g/mol. The molecule has 0 aliphatic rings. The zero-order valence-corrected chi connectivity index (χ0v) is 44.4. The highest BCUT2D eigenvalue weighted by Crippen LogP contribution is 2.43. The normalized spacial score (nSPS) is 14.3. The molecule has 0 heterocycles. The van der Waals surface area contributed by atoms with Gasteiger partial charge in [0, 0.05) is 12.8 Å². The molecule has 0 aliphatic heterocycles. The van der Waals surface area contributed by atoms with Crippen molar-refractivity contribution in [3.8, 4) is 0 Å². The maximum atomic E-state index is 12.4. The van der Waals surface area contributed by atoms with E-state index < -0.39 is 58.4 Å². The summed E-state index contributed by atoms with van der Waals surface area (Å²) in [5, 5.41) is 19.3. The van der Waals surface area contributed by atoms with Gasteiger partial charge in [-0.1, -0.05) is 214 Å². The van der Waals surface area contributed by atoms with E-state index in [0.717, 1.165) is 103 Å². The Morgan fingerprint density at radius 2 is 0.638 bits per heavy atom. The van der Waals surface area contributed by atoms with E-state index in [4.69, 9.17) is 18.5 Å². The Kier molecular flexibility index (Phi) is 50.3. The number of aliphatic hydroxyl groups excluding tert-OH is 2. The molecule has 396 valence electrons. The summed E-state index contributed by atoms with van der Waals surface area (Å²) in [6.07, 6.45) is 66.6. The summed E-state index contributed by atoms with van der Waals surface area (Å²) in [5.41, 5.74) is 0. The maximum absolute atomic E-state index is 12.4. The van der Waals surface area contributed by atoms with Crippen molar-refractivity contribution in [1.29, 1.82) is 0 Å². The Bertz CT molecular complexity index is 1360. The lowest BCUT2D eigenvalue weighted by Gasteiger charge is -2.20. The SMILES string of the molecule is CC/C=C\C/C=C\C/C=C\C/C=C\CCCCCCCCCCCCC(=O)OC(CO)COP(=O)(O)OCC(CO)OC(=O)CCCCCCCCCCCC/C=C\C/C=C\C/C=C\C/C=C\CC. The molecule has 0 aromatic rings. The Labute approximate surface area is 421 Å². The van der Waals surface area contributed by atoms with Crippen molar-refractivity contribution >= 4 is 19.8 Å². The molecule has 2 unspecified atom stereocenters. The number of phosphoric acid groups is 1. The first-order valence-corrected chi connectivity index (χ1v) is 28.7. The molecular formula is C58H99O10P. The van der Waals surface area contributed by atoms with Crippen LogP contribution in [0.4, 0.5) is 0 Å². The van der Waals surface area contributed by atoms with Crippen LogP contribution in [-0.2, 0) is 32.7 Å². The first kappa shape index (κ1) is 65.9. The number of hydrogen-bond donors (Lipinski definition) is 3. The molecule has 2 atom stereocenters. The smallest absolute Gasteiger partial charge is 0.457 e. The quantitative estimate of drug-likeness (QED) is 0.0233. The number of ether oxygens (including phenoxy) is 2. The summed E-state index contributed by atoms with van der Waals surface area (Å²) in [7, 11) is -4.65. The summed E-state index contributed by atoms with van der Waals surface area (Å²) in [5.74, 6) is -1.03. The molecule has 11 heteroatoms.